The van der Waals surface area contributed by atoms with Gasteiger partial charge < -0.3 is 4.90 Å². The van der Waals surface area contributed by atoms with E-state index < -0.39 is 0 Å². The molecule has 1 fully saturated rings. The highest BCUT2D eigenvalue weighted by Gasteiger charge is 2.25. The molecule has 0 aliphatic carbocycles. The van der Waals surface area contributed by atoms with Crippen LogP contribution in [0.15, 0.2) is 30.5 Å². The van der Waals surface area contributed by atoms with Crippen LogP contribution in [0.5, 0.6) is 0 Å². The fourth-order valence-corrected chi connectivity index (χ4v) is 3.13. The van der Waals surface area contributed by atoms with Crippen LogP contribution in [0.25, 0.3) is 0 Å². The third kappa shape index (κ3) is 3.68. The molecule has 0 N–H and O–H groups in total. The fourth-order valence-electron chi connectivity index (χ4n) is 2.76. The van der Waals surface area contributed by atoms with Crippen LogP contribution >= 0.6 is 23.2 Å². The van der Waals surface area contributed by atoms with Crippen molar-refractivity contribution in [1.82, 2.24) is 19.6 Å². The van der Waals surface area contributed by atoms with Crippen molar-refractivity contribution in [3.63, 3.8) is 0 Å². The van der Waals surface area contributed by atoms with Crippen LogP contribution in [0, 0.1) is 0 Å². The molecule has 0 bridgehead atoms. The standard InChI is InChI=1S/C16H18Cl2N4O/c1-20-15(14(18)10-19-20)16(23)22-8-6-21(7-9-22)11-12-2-4-13(17)5-3-12/h2-5,10H,6-9,11H2,1H3. The molecule has 1 aromatic carbocycles. The second-order valence-electron chi connectivity index (χ2n) is 5.66. The van der Waals surface area contributed by atoms with Gasteiger partial charge in [-0.05, 0) is 17.7 Å². The van der Waals surface area contributed by atoms with E-state index in [1.165, 1.54) is 16.4 Å². The number of carbonyl (C=O) groups excluding carboxylic acids is 1. The highest BCUT2D eigenvalue weighted by Crippen LogP contribution is 2.18. The summed E-state index contributed by atoms with van der Waals surface area (Å²) in [6.45, 7) is 3.92. The molecule has 0 unspecified atom stereocenters. The number of hydrogen-bond donors (Lipinski definition) is 0. The van der Waals surface area contributed by atoms with Crippen molar-refractivity contribution >= 4 is 29.1 Å². The summed E-state index contributed by atoms with van der Waals surface area (Å²) in [4.78, 5) is 16.7. The summed E-state index contributed by atoms with van der Waals surface area (Å²) >= 11 is 12.0. The molecule has 1 saturated heterocycles. The minimum Gasteiger partial charge on any atom is -0.335 e. The van der Waals surface area contributed by atoms with Crippen LogP contribution in [-0.4, -0.2) is 51.7 Å². The lowest BCUT2D eigenvalue weighted by molar-refractivity contribution is 0.0618. The second kappa shape index (κ2) is 6.91. The Kier molecular flexibility index (Phi) is 4.90. The Hall–Kier alpha value is -1.56. The molecule has 1 aliphatic rings. The second-order valence-corrected chi connectivity index (χ2v) is 6.50. The first kappa shape index (κ1) is 16.3. The maximum absolute atomic E-state index is 12.6. The van der Waals surface area contributed by atoms with Crippen LogP contribution in [0.1, 0.15) is 16.1 Å². The van der Waals surface area contributed by atoms with Crippen molar-refractivity contribution in [3.05, 3.63) is 51.8 Å². The number of nitrogens with zero attached hydrogens (tertiary/aromatic N) is 4. The summed E-state index contributed by atoms with van der Waals surface area (Å²) in [7, 11) is 1.73. The number of aryl methyl sites for hydroxylation is 1. The topological polar surface area (TPSA) is 41.4 Å². The molecule has 1 amide bonds. The predicted octanol–water partition coefficient (Wildman–Crippen LogP) is 2.68. The van der Waals surface area contributed by atoms with Gasteiger partial charge >= 0.3 is 0 Å². The SMILES string of the molecule is Cn1ncc(Cl)c1C(=O)N1CCN(Cc2ccc(Cl)cc2)CC1. The lowest BCUT2D eigenvalue weighted by atomic mass is 10.2. The number of amides is 1. The molecule has 5 nitrogen and oxygen atoms in total. The number of rotatable bonds is 3. The normalized spacial score (nSPS) is 15.9. The van der Waals surface area contributed by atoms with Crippen molar-refractivity contribution in [2.45, 2.75) is 6.54 Å². The molecule has 3 rings (SSSR count). The van der Waals surface area contributed by atoms with E-state index in [9.17, 15) is 4.79 Å². The molecule has 122 valence electrons. The zero-order valence-corrected chi connectivity index (χ0v) is 14.4. The molecule has 0 spiro atoms. The lowest BCUT2D eigenvalue weighted by Crippen LogP contribution is -2.48. The molecular formula is C16H18Cl2N4O. The van der Waals surface area contributed by atoms with E-state index in [0.29, 0.717) is 23.8 Å². The van der Waals surface area contributed by atoms with Crippen molar-refractivity contribution < 1.29 is 4.79 Å². The van der Waals surface area contributed by atoms with Crippen LogP contribution < -0.4 is 0 Å². The molecule has 0 atom stereocenters. The lowest BCUT2D eigenvalue weighted by Gasteiger charge is -2.34. The fraction of sp³-hybridized carbons (Fsp3) is 0.375. The van der Waals surface area contributed by atoms with E-state index in [2.05, 4.69) is 10.00 Å². The van der Waals surface area contributed by atoms with Gasteiger partial charge in [-0.3, -0.25) is 14.4 Å². The van der Waals surface area contributed by atoms with Crippen molar-refractivity contribution in [3.8, 4) is 0 Å². The minimum absolute atomic E-state index is 0.0545. The van der Waals surface area contributed by atoms with Gasteiger partial charge in [0.15, 0.2) is 0 Å². The van der Waals surface area contributed by atoms with Gasteiger partial charge in [0.1, 0.15) is 5.69 Å². The molecule has 2 aromatic rings. The molecule has 2 heterocycles. The maximum atomic E-state index is 12.6. The van der Waals surface area contributed by atoms with Gasteiger partial charge in [-0.2, -0.15) is 5.10 Å². The molecule has 23 heavy (non-hydrogen) atoms. The molecule has 0 radical (unpaired) electrons. The first-order chi connectivity index (χ1) is 11.0. The molecule has 0 saturated carbocycles. The van der Waals surface area contributed by atoms with Gasteiger partial charge in [-0.25, -0.2) is 0 Å². The van der Waals surface area contributed by atoms with Crippen LogP contribution in [0.2, 0.25) is 10.0 Å². The van der Waals surface area contributed by atoms with E-state index in [0.717, 1.165) is 24.7 Å². The Labute approximate surface area is 145 Å². The third-order valence-corrected chi connectivity index (χ3v) is 4.60. The van der Waals surface area contributed by atoms with Crippen molar-refractivity contribution in [1.29, 1.82) is 0 Å². The van der Waals surface area contributed by atoms with Crippen molar-refractivity contribution in [2.24, 2.45) is 7.05 Å². The molecule has 7 heteroatoms. The average Bonchev–Trinajstić information content (AvgIpc) is 2.88. The molecule has 1 aliphatic heterocycles. The Balaban J connectivity index is 1.58. The van der Waals surface area contributed by atoms with Crippen LogP contribution in [0.4, 0.5) is 0 Å². The van der Waals surface area contributed by atoms with E-state index in [4.69, 9.17) is 23.2 Å². The summed E-state index contributed by atoms with van der Waals surface area (Å²) in [6.07, 6.45) is 1.51. The zero-order valence-electron chi connectivity index (χ0n) is 12.9. The first-order valence-electron chi connectivity index (χ1n) is 7.48. The number of piperazine rings is 1. The molecular weight excluding hydrogens is 335 g/mol. The van der Waals surface area contributed by atoms with Gasteiger partial charge in [-0.15, -0.1) is 0 Å². The number of aromatic nitrogens is 2. The summed E-state index contributed by atoms with van der Waals surface area (Å²) in [5.74, 6) is -0.0545. The smallest absolute Gasteiger partial charge is 0.273 e. The Morgan fingerprint density at radius 1 is 1.13 bits per heavy atom. The number of halogens is 2. The van der Waals surface area contributed by atoms with Gasteiger partial charge in [0.2, 0.25) is 0 Å². The zero-order chi connectivity index (χ0) is 16.4. The Bertz CT molecular complexity index is 671. The van der Waals surface area contributed by atoms with E-state index in [1.54, 1.807) is 7.05 Å². The third-order valence-electron chi connectivity index (χ3n) is 4.08. The predicted molar refractivity (Wildman–Crippen MR) is 90.9 cm³/mol. The summed E-state index contributed by atoms with van der Waals surface area (Å²) in [5.41, 5.74) is 1.68. The number of hydrogen-bond acceptors (Lipinski definition) is 3. The van der Waals surface area contributed by atoms with Gasteiger partial charge in [0, 0.05) is 44.8 Å². The number of carbonyl (C=O) groups is 1. The monoisotopic (exact) mass is 352 g/mol. The van der Waals surface area contributed by atoms with E-state index >= 15 is 0 Å². The quantitative estimate of drug-likeness (QED) is 0.852. The molecule has 1 aromatic heterocycles. The van der Waals surface area contributed by atoms with E-state index in [1.807, 2.05) is 29.2 Å². The first-order valence-corrected chi connectivity index (χ1v) is 8.24. The minimum atomic E-state index is -0.0545. The summed E-state index contributed by atoms with van der Waals surface area (Å²) in [5, 5.41) is 5.18. The van der Waals surface area contributed by atoms with E-state index in [-0.39, 0.29) is 5.91 Å². The van der Waals surface area contributed by atoms with Crippen molar-refractivity contribution in [2.75, 3.05) is 26.2 Å². The van der Waals surface area contributed by atoms with Crippen LogP contribution in [-0.2, 0) is 13.6 Å². The highest BCUT2D eigenvalue weighted by atomic mass is 35.5. The Morgan fingerprint density at radius 3 is 2.35 bits per heavy atom. The van der Waals surface area contributed by atoms with Gasteiger partial charge in [0.05, 0.1) is 11.2 Å². The summed E-state index contributed by atoms with van der Waals surface area (Å²) < 4.78 is 1.53. The van der Waals surface area contributed by atoms with Crippen LogP contribution in [0.3, 0.4) is 0 Å². The highest BCUT2D eigenvalue weighted by molar-refractivity contribution is 6.33. The number of benzene rings is 1. The average molecular weight is 353 g/mol. The maximum Gasteiger partial charge on any atom is 0.273 e. The largest absolute Gasteiger partial charge is 0.335 e. The Morgan fingerprint density at radius 2 is 1.78 bits per heavy atom. The van der Waals surface area contributed by atoms with Gasteiger partial charge in [-0.1, -0.05) is 35.3 Å². The van der Waals surface area contributed by atoms with Gasteiger partial charge in [0.25, 0.3) is 5.91 Å². The summed E-state index contributed by atoms with van der Waals surface area (Å²) in [6, 6.07) is 7.88.